The van der Waals surface area contributed by atoms with Crippen LogP contribution >= 0.6 is 0 Å². The SMILES string of the molecule is COC(=O)/C(O)=C(/Oc1ccc(C)c(C)c1)C(=O)OC. The number of carbonyl (C=O) groups is 2. The number of ether oxygens (including phenoxy) is 3. The van der Waals surface area contributed by atoms with Crippen LogP contribution in [0.2, 0.25) is 0 Å². The van der Waals surface area contributed by atoms with Crippen molar-refractivity contribution in [2.75, 3.05) is 14.2 Å². The number of rotatable bonds is 4. The fraction of sp³-hybridized carbons (Fsp3) is 0.286. The third-order valence-corrected chi connectivity index (χ3v) is 2.66. The molecule has 0 heterocycles. The Kier molecular flexibility index (Phi) is 5.14. The second-order valence-corrected chi connectivity index (χ2v) is 4.01. The summed E-state index contributed by atoms with van der Waals surface area (Å²) in [6.45, 7) is 3.78. The number of esters is 2. The zero-order valence-corrected chi connectivity index (χ0v) is 11.7. The van der Waals surface area contributed by atoms with Crippen molar-refractivity contribution in [3.8, 4) is 5.75 Å². The number of carbonyl (C=O) groups excluding carboxylic acids is 2. The minimum absolute atomic E-state index is 0.295. The lowest BCUT2D eigenvalue weighted by Gasteiger charge is -2.11. The summed E-state index contributed by atoms with van der Waals surface area (Å²) in [5.41, 5.74) is 1.97. The van der Waals surface area contributed by atoms with Crippen LogP contribution in [0.25, 0.3) is 0 Å². The fourth-order valence-electron chi connectivity index (χ4n) is 1.36. The lowest BCUT2D eigenvalue weighted by molar-refractivity contribution is -0.143. The van der Waals surface area contributed by atoms with Gasteiger partial charge in [-0.25, -0.2) is 9.59 Å². The lowest BCUT2D eigenvalue weighted by atomic mass is 10.1. The van der Waals surface area contributed by atoms with Crippen LogP contribution in [0.5, 0.6) is 5.75 Å². The van der Waals surface area contributed by atoms with Crippen molar-refractivity contribution in [2.45, 2.75) is 13.8 Å². The largest absolute Gasteiger partial charge is 0.499 e. The second-order valence-electron chi connectivity index (χ2n) is 4.01. The predicted octanol–water partition coefficient (Wildman–Crippen LogP) is 1.80. The van der Waals surface area contributed by atoms with Gasteiger partial charge in [-0.3, -0.25) is 0 Å². The highest BCUT2D eigenvalue weighted by Gasteiger charge is 2.24. The molecular weight excluding hydrogens is 264 g/mol. The number of methoxy groups -OCH3 is 2. The Hall–Kier alpha value is -2.50. The monoisotopic (exact) mass is 280 g/mol. The van der Waals surface area contributed by atoms with Crippen LogP contribution in [0, 0.1) is 13.8 Å². The normalized spacial score (nSPS) is 11.4. The smallest absolute Gasteiger partial charge is 0.378 e. The first-order valence-corrected chi connectivity index (χ1v) is 5.75. The summed E-state index contributed by atoms with van der Waals surface area (Å²) >= 11 is 0. The highest BCUT2D eigenvalue weighted by Crippen LogP contribution is 2.20. The summed E-state index contributed by atoms with van der Waals surface area (Å²) in [6, 6.07) is 5.06. The molecule has 0 spiro atoms. The molecule has 0 atom stereocenters. The average molecular weight is 280 g/mol. The van der Waals surface area contributed by atoms with Gasteiger partial charge in [0.05, 0.1) is 14.2 Å². The van der Waals surface area contributed by atoms with E-state index in [-0.39, 0.29) is 0 Å². The predicted molar refractivity (Wildman–Crippen MR) is 70.2 cm³/mol. The molecule has 0 unspecified atom stereocenters. The van der Waals surface area contributed by atoms with E-state index in [0.717, 1.165) is 25.3 Å². The quantitative estimate of drug-likeness (QED) is 0.514. The van der Waals surface area contributed by atoms with Gasteiger partial charge in [0, 0.05) is 0 Å². The summed E-state index contributed by atoms with van der Waals surface area (Å²) in [7, 11) is 2.18. The molecule has 1 rings (SSSR count). The van der Waals surface area contributed by atoms with E-state index in [2.05, 4.69) is 9.47 Å². The van der Waals surface area contributed by atoms with Crippen molar-refractivity contribution in [1.29, 1.82) is 0 Å². The summed E-state index contributed by atoms with van der Waals surface area (Å²) < 4.78 is 14.0. The van der Waals surface area contributed by atoms with Gasteiger partial charge in [0.1, 0.15) is 5.75 Å². The molecule has 0 saturated heterocycles. The van der Waals surface area contributed by atoms with E-state index >= 15 is 0 Å². The Morgan fingerprint density at radius 2 is 1.60 bits per heavy atom. The summed E-state index contributed by atoms with van der Waals surface area (Å²) in [6.07, 6.45) is 0. The summed E-state index contributed by atoms with van der Waals surface area (Å²) in [5.74, 6) is -3.34. The molecule has 1 N–H and O–H groups in total. The van der Waals surface area contributed by atoms with Crippen molar-refractivity contribution >= 4 is 11.9 Å². The van der Waals surface area contributed by atoms with Crippen LogP contribution in [0.4, 0.5) is 0 Å². The Morgan fingerprint density at radius 1 is 1.00 bits per heavy atom. The van der Waals surface area contributed by atoms with E-state index in [1.165, 1.54) is 0 Å². The Labute approximate surface area is 116 Å². The van der Waals surface area contributed by atoms with Gasteiger partial charge in [0.25, 0.3) is 11.5 Å². The number of hydrogen-bond donors (Lipinski definition) is 1. The van der Waals surface area contributed by atoms with Gasteiger partial charge < -0.3 is 19.3 Å². The highest BCUT2D eigenvalue weighted by molar-refractivity contribution is 5.97. The van der Waals surface area contributed by atoms with Crippen LogP contribution in [0.1, 0.15) is 11.1 Å². The van der Waals surface area contributed by atoms with E-state index in [1.807, 2.05) is 13.8 Å². The molecule has 0 bridgehead atoms. The maximum Gasteiger partial charge on any atom is 0.378 e. The first-order valence-electron chi connectivity index (χ1n) is 5.75. The number of benzene rings is 1. The van der Waals surface area contributed by atoms with E-state index in [1.54, 1.807) is 18.2 Å². The van der Waals surface area contributed by atoms with E-state index in [0.29, 0.717) is 5.75 Å². The van der Waals surface area contributed by atoms with Gasteiger partial charge in [-0.1, -0.05) is 6.07 Å². The highest BCUT2D eigenvalue weighted by atomic mass is 16.6. The third-order valence-electron chi connectivity index (χ3n) is 2.66. The number of aryl methyl sites for hydroxylation is 2. The van der Waals surface area contributed by atoms with Crippen LogP contribution in [-0.4, -0.2) is 31.3 Å². The molecule has 0 radical (unpaired) electrons. The standard InChI is InChI=1S/C14H16O6/c1-8-5-6-10(7-9(8)2)20-12(14(17)19-4)11(15)13(16)18-3/h5-7,15H,1-4H3/b12-11-. The number of aliphatic hydroxyl groups is 1. The topological polar surface area (TPSA) is 82.1 Å². The zero-order chi connectivity index (χ0) is 15.3. The Balaban J connectivity index is 3.16. The Bertz CT molecular complexity index is 559. The van der Waals surface area contributed by atoms with Gasteiger partial charge in [0.2, 0.25) is 0 Å². The molecule has 0 aliphatic carbocycles. The van der Waals surface area contributed by atoms with Crippen LogP contribution in [0.15, 0.2) is 29.7 Å². The van der Waals surface area contributed by atoms with Crippen LogP contribution in [0.3, 0.4) is 0 Å². The van der Waals surface area contributed by atoms with E-state index in [4.69, 9.17) is 4.74 Å². The molecule has 6 nitrogen and oxygen atoms in total. The molecule has 0 saturated carbocycles. The first-order chi connectivity index (χ1) is 9.40. The fourth-order valence-corrected chi connectivity index (χ4v) is 1.36. The molecule has 6 heteroatoms. The van der Waals surface area contributed by atoms with Crippen molar-refractivity contribution in [1.82, 2.24) is 0 Å². The van der Waals surface area contributed by atoms with Crippen molar-refractivity contribution in [3.05, 3.63) is 40.8 Å². The zero-order valence-electron chi connectivity index (χ0n) is 11.7. The molecule has 0 aromatic heterocycles. The Morgan fingerprint density at radius 3 is 2.10 bits per heavy atom. The maximum atomic E-state index is 11.6. The first kappa shape index (κ1) is 15.6. The van der Waals surface area contributed by atoms with Gasteiger partial charge in [-0.05, 0) is 37.1 Å². The number of hydrogen-bond acceptors (Lipinski definition) is 6. The molecular formula is C14H16O6. The van der Waals surface area contributed by atoms with Gasteiger partial charge in [-0.15, -0.1) is 0 Å². The average Bonchev–Trinajstić information content (AvgIpc) is 2.45. The second kappa shape index (κ2) is 6.60. The third kappa shape index (κ3) is 3.50. The van der Waals surface area contributed by atoms with Gasteiger partial charge in [-0.2, -0.15) is 0 Å². The van der Waals surface area contributed by atoms with Crippen molar-refractivity contribution < 1.29 is 28.9 Å². The molecule has 1 aromatic carbocycles. The summed E-state index contributed by atoms with van der Waals surface area (Å²) in [4.78, 5) is 22.8. The lowest BCUT2D eigenvalue weighted by Crippen LogP contribution is -2.18. The van der Waals surface area contributed by atoms with Crippen LogP contribution in [-0.2, 0) is 19.1 Å². The van der Waals surface area contributed by atoms with Crippen LogP contribution < -0.4 is 4.74 Å². The minimum atomic E-state index is -1.09. The summed E-state index contributed by atoms with van der Waals surface area (Å²) in [5, 5.41) is 9.64. The van der Waals surface area contributed by atoms with E-state index < -0.39 is 23.5 Å². The minimum Gasteiger partial charge on any atom is -0.499 e. The molecule has 20 heavy (non-hydrogen) atoms. The molecule has 0 aliphatic heterocycles. The van der Waals surface area contributed by atoms with Crippen molar-refractivity contribution in [3.63, 3.8) is 0 Å². The maximum absolute atomic E-state index is 11.6. The van der Waals surface area contributed by atoms with E-state index in [9.17, 15) is 14.7 Å². The van der Waals surface area contributed by atoms with Gasteiger partial charge in [0.15, 0.2) is 0 Å². The van der Waals surface area contributed by atoms with Crippen molar-refractivity contribution in [2.24, 2.45) is 0 Å². The number of aliphatic hydroxyl groups excluding tert-OH is 1. The van der Waals surface area contributed by atoms with Gasteiger partial charge >= 0.3 is 11.9 Å². The molecule has 108 valence electrons. The molecule has 0 amide bonds. The molecule has 1 aromatic rings. The molecule has 0 aliphatic rings. The molecule has 0 fully saturated rings.